The lowest BCUT2D eigenvalue weighted by Gasteiger charge is -2.16. The third kappa shape index (κ3) is 4.97. The molecule has 0 fully saturated rings. The van der Waals surface area contributed by atoms with E-state index >= 15 is 0 Å². The number of aliphatic carboxylic acids is 1. The van der Waals surface area contributed by atoms with Gasteiger partial charge >= 0.3 is 12.6 Å². The summed E-state index contributed by atoms with van der Waals surface area (Å²) in [5.74, 6) is -0.800. The van der Waals surface area contributed by atoms with Crippen molar-refractivity contribution in [3.63, 3.8) is 0 Å². The molecule has 0 saturated carbocycles. The minimum atomic E-state index is -2.89. The smallest absolute Gasteiger partial charge is 0.387 e. The van der Waals surface area contributed by atoms with E-state index < -0.39 is 24.5 Å². The second-order valence-corrected chi connectivity index (χ2v) is 6.33. The highest BCUT2D eigenvalue weighted by Gasteiger charge is 2.24. The van der Waals surface area contributed by atoms with Gasteiger partial charge in [0.05, 0.1) is 6.61 Å². The van der Waals surface area contributed by atoms with Crippen LogP contribution in [-0.4, -0.2) is 30.2 Å². The Hall–Kier alpha value is -3.16. The largest absolute Gasteiger partial charge is 0.493 e. The summed E-state index contributed by atoms with van der Waals surface area (Å²) in [5.41, 5.74) is 2.15. The number of halogens is 2. The van der Waals surface area contributed by atoms with Crippen molar-refractivity contribution in [3.8, 4) is 11.5 Å². The van der Waals surface area contributed by atoms with E-state index in [2.05, 4.69) is 10.1 Å². The second-order valence-electron chi connectivity index (χ2n) is 6.33. The molecule has 0 spiro atoms. The third-order valence-electron chi connectivity index (χ3n) is 4.39. The van der Waals surface area contributed by atoms with Crippen LogP contribution in [0.15, 0.2) is 42.5 Å². The van der Waals surface area contributed by atoms with E-state index in [1.807, 2.05) is 0 Å². The quantitative estimate of drug-likeness (QED) is 0.722. The fourth-order valence-corrected chi connectivity index (χ4v) is 3.00. The van der Waals surface area contributed by atoms with Crippen LogP contribution < -0.4 is 14.8 Å². The molecule has 1 aliphatic rings. The highest BCUT2D eigenvalue weighted by Crippen LogP contribution is 2.28. The van der Waals surface area contributed by atoms with Crippen LogP contribution in [0.5, 0.6) is 11.5 Å². The summed E-state index contributed by atoms with van der Waals surface area (Å²) in [6.45, 7) is -2.33. The van der Waals surface area contributed by atoms with E-state index in [1.54, 1.807) is 30.3 Å². The number of fused-ring (bicyclic) bond motifs is 1. The number of benzene rings is 2. The number of carboxylic acid groups (broad SMARTS) is 1. The van der Waals surface area contributed by atoms with Crippen LogP contribution in [0, 0.1) is 0 Å². The van der Waals surface area contributed by atoms with Gasteiger partial charge in [-0.05, 0) is 47.4 Å². The first-order valence-corrected chi connectivity index (χ1v) is 8.74. The van der Waals surface area contributed by atoms with E-state index in [4.69, 9.17) is 4.74 Å². The number of carboxylic acids is 1. The number of nitrogens with one attached hydrogen (secondary N) is 1. The molecule has 28 heavy (non-hydrogen) atoms. The summed E-state index contributed by atoms with van der Waals surface area (Å²) < 4.78 is 34.0. The minimum Gasteiger partial charge on any atom is -0.493 e. The Labute approximate surface area is 160 Å². The molecule has 1 atom stereocenters. The van der Waals surface area contributed by atoms with Crippen LogP contribution in [-0.2, 0) is 22.4 Å². The van der Waals surface area contributed by atoms with Crippen LogP contribution in [0.3, 0.4) is 0 Å². The van der Waals surface area contributed by atoms with Crippen molar-refractivity contribution in [2.75, 3.05) is 6.61 Å². The van der Waals surface area contributed by atoms with Crippen LogP contribution in [0.1, 0.15) is 29.2 Å². The highest BCUT2D eigenvalue weighted by molar-refractivity contribution is 5.84. The standard InChI is InChI=1S/C20H19F2NO5/c21-20(22)28-15-5-1-12(2-6-15)3-8-17(24)23-18(19(25)26)14-4-7-16-13(11-14)9-10-27-16/h1-2,4-7,11,18,20H,3,8-10H2,(H,23,24)(H,25,26). The van der Waals surface area contributed by atoms with Gasteiger partial charge in [-0.3, -0.25) is 4.79 Å². The molecule has 0 aromatic heterocycles. The van der Waals surface area contributed by atoms with E-state index in [0.29, 0.717) is 25.0 Å². The van der Waals surface area contributed by atoms with E-state index in [0.717, 1.165) is 16.9 Å². The predicted octanol–water partition coefficient (Wildman–Crippen LogP) is 3.10. The van der Waals surface area contributed by atoms with Crippen molar-refractivity contribution in [3.05, 3.63) is 59.2 Å². The Morgan fingerprint density at radius 3 is 2.61 bits per heavy atom. The van der Waals surface area contributed by atoms with Crippen molar-refractivity contribution in [1.82, 2.24) is 5.32 Å². The van der Waals surface area contributed by atoms with Gasteiger partial charge in [-0.15, -0.1) is 0 Å². The summed E-state index contributed by atoms with van der Waals surface area (Å²) >= 11 is 0. The molecule has 1 heterocycles. The molecule has 6 nitrogen and oxygen atoms in total. The lowest BCUT2D eigenvalue weighted by molar-refractivity contribution is -0.142. The molecule has 148 valence electrons. The SMILES string of the molecule is O=C(CCc1ccc(OC(F)F)cc1)NC(C(=O)O)c1ccc2c(c1)CCO2. The summed E-state index contributed by atoms with van der Waals surface area (Å²) in [5, 5.41) is 12.0. The van der Waals surface area contributed by atoms with E-state index in [9.17, 15) is 23.5 Å². The number of hydrogen-bond donors (Lipinski definition) is 2. The van der Waals surface area contributed by atoms with Gasteiger partial charge in [0.15, 0.2) is 6.04 Å². The molecule has 3 rings (SSSR count). The van der Waals surface area contributed by atoms with Gasteiger partial charge in [0.2, 0.25) is 5.91 Å². The maximum atomic E-state index is 12.2. The maximum Gasteiger partial charge on any atom is 0.387 e. The van der Waals surface area contributed by atoms with Gasteiger partial charge < -0.3 is 19.9 Å². The fraction of sp³-hybridized carbons (Fsp3) is 0.300. The Bertz CT molecular complexity index is 854. The first-order chi connectivity index (χ1) is 13.4. The molecule has 0 bridgehead atoms. The number of amides is 1. The number of carbonyl (C=O) groups excluding carboxylic acids is 1. The topological polar surface area (TPSA) is 84.9 Å². The zero-order valence-electron chi connectivity index (χ0n) is 14.9. The number of ether oxygens (including phenoxy) is 2. The van der Waals surface area contributed by atoms with Crippen molar-refractivity contribution in [2.45, 2.75) is 31.9 Å². The van der Waals surface area contributed by atoms with Gasteiger partial charge in [0.1, 0.15) is 11.5 Å². The van der Waals surface area contributed by atoms with Crippen LogP contribution >= 0.6 is 0 Å². The van der Waals surface area contributed by atoms with Crippen molar-refractivity contribution in [2.24, 2.45) is 0 Å². The first kappa shape index (κ1) is 19.6. The number of hydrogen-bond acceptors (Lipinski definition) is 4. The summed E-state index contributed by atoms with van der Waals surface area (Å²) in [7, 11) is 0. The molecule has 2 aromatic rings. The highest BCUT2D eigenvalue weighted by atomic mass is 19.3. The molecular formula is C20H19F2NO5. The molecule has 8 heteroatoms. The molecule has 1 amide bonds. The first-order valence-electron chi connectivity index (χ1n) is 8.74. The van der Waals surface area contributed by atoms with Crippen LogP contribution in [0.25, 0.3) is 0 Å². The van der Waals surface area contributed by atoms with Crippen molar-refractivity contribution in [1.29, 1.82) is 0 Å². The van der Waals surface area contributed by atoms with Gasteiger partial charge in [-0.1, -0.05) is 18.2 Å². The van der Waals surface area contributed by atoms with Gasteiger partial charge in [0, 0.05) is 12.8 Å². The molecule has 1 unspecified atom stereocenters. The average molecular weight is 391 g/mol. The fourth-order valence-electron chi connectivity index (χ4n) is 3.00. The van der Waals surface area contributed by atoms with Crippen molar-refractivity contribution >= 4 is 11.9 Å². The summed E-state index contributed by atoms with van der Waals surface area (Å²) in [6, 6.07) is 9.88. The lowest BCUT2D eigenvalue weighted by atomic mass is 10.0. The predicted molar refractivity (Wildman–Crippen MR) is 95.6 cm³/mol. The number of rotatable bonds is 8. The van der Waals surface area contributed by atoms with Gasteiger partial charge in [-0.2, -0.15) is 8.78 Å². The second kappa shape index (κ2) is 8.69. The van der Waals surface area contributed by atoms with Crippen LogP contribution in [0.4, 0.5) is 8.78 Å². The van der Waals surface area contributed by atoms with E-state index in [-0.39, 0.29) is 12.2 Å². The molecule has 0 aliphatic carbocycles. The lowest BCUT2D eigenvalue weighted by Crippen LogP contribution is -2.33. The normalized spacial score (nSPS) is 13.5. The molecule has 0 radical (unpaired) electrons. The summed E-state index contributed by atoms with van der Waals surface area (Å²) in [4.78, 5) is 23.8. The number of alkyl halides is 2. The molecule has 2 aromatic carbocycles. The Balaban J connectivity index is 1.58. The third-order valence-corrected chi connectivity index (χ3v) is 4.39. The summed E-state index contributed by atoms with van der Waals surface area (Å²) in [6.07, 6.45) is 1.10. The van der Waals surface area contributed by atoms with Gasteiger partial charge in [0.25, 0.3) is 0 Å². The molecule has 1 aliphatic heterocycles. The number of carbonyl (C=O) groups is 2. The Morgan fingerprint density at radius 1 is 1.18 bits per heavy atom. The Kier molecular flexibility index (Phi) is 6.08. The number of aryl methyl sites for hydroxylation is 1. The van der Waals surface area contributed by atoms with Gasteiger partial charge in [-0.25, -0.2) is 4.79 Å². The zero-order chi connectivity index (χ0) is 20.1. The zero-order valence-corrected chi connectivity index (χ0v) is 14.9. The molecular weight excluding hydrogens is 372 g/mol. The van der Waals surface area contributed by atoms with Crippen LogP contribution in [0.2, 0.25) is 0 Å². The Morgan fingerprint density at radius 2 is 1.93 bits per heavy atom. The maximum absolute atomic E-state index is 12.2. The average Bonchev–Trinajstić information content (AvgIpc) is 3.12. The van der Waals surface area contributed by atoms with Crippen molar-refractivity contribution < 1.29 is 33.0 Å². The molecule has 0 saturated heterocycles. The molecule has 2 N–H and O–H groups in total. The minimum absolute atomic E-state index is 0.0368. The van der Waals surface area contributed by atoms with E-state index in [1.165, 1.54) is 12.1 Å². The monoisotopic (exact) mass is 391 g/mol.